The lowest BCUT2D eigenvalue weighted by molar-refractivity contribution is -0.117. The first-order valence-corrected chi connectivity index (χ1v) is 5.21. The molecule has 1 aliphatic heterocycles. The number of nitrogens with zero attached hydrogens (tertiary/aromatic N) is 2. The van der Waals surface area contributed by atoms with E-state index >= 15 is 0 Å². The van der Waals surface area contributed by atoms with E-state index in [2.05, 4.69) is 4.98 Å². The average Bonchev–Trinajstić information content (AvgIpc) is 2.71. The van der Waals surface area contributed by atoms with E-state index in [1.54, 1.807) is 23.2 Å². The van der Waals surface area contributed by atoms with Gasteiger partial charge < -0.3 is 10.2 Å². The SMILES string of the molecule is O=C1CC(CO)CN1c1cc(CO)ccn1. The summed E-state index contributed by atoms with van der Waals surface area (Å²) in [7, 11) is 0. The van der Waals surface area contributed by atoms with Crippen molar-refractivity contribution in [3.05, 3.63) is 23.9 Å². The zero-order valence-corrected chi connectivity index (χ0v) is 8.83. The molecule has 2 rings (SSSR count). The predicted molar refractivity (Wildman–Crippen MR) is 57.7 cm³/mol. The smallest absolute Gasteiger partial charge is 0.228 e. The number of carbonyl (C=O) groups is 1. The predicted octanol–water partition coefficient (Wildman–Crippen LogP) is -0.0809. The van der Waals surface area contributed by atoms with Gasteiger partial charge >= 0.3 is 0 Å². The maximum Gasteiger partial charge on any atom is 0.228 e. The molecule has 0 radical (unpaired) electrons. The van der Waals surface area contributed by atoms with Gasteiger partial charge in [0, 0.05) is 31.7 Å². The molecule has 1 atom stereocenters. The van der Waals surface area contributed by atoms with Crippen LogP contribution in [-0.2, 0) is 11.4 Å². The van der Waals surface area contributed by atoms with Gasteiger partial charge in [-0.1, -0.05) is 0 Å². The Kier molecular flexibility index (Phi) is 3.17. The lowest BCUT2D eigenvalue weighted by atomic mass is 10.1. The van der Waals surface area contributed by atoms with Crippen molar-refractivity contribution in [1.82, 2.24) is 4.98 Å². The van der Waals surface area contributed by atoms with E-state index in [4.69, 9.17) is 10.2 Å². The number of hydrogen-bond donors (Lipinski definition) is 2. The number of rotatable bonds is 3. The fourth-order valence-corrected chi connectivity index (χ4v) is 1.83. The Labute approximate surface area is 93.3 Å². The summed E-state index contributed by atoms with van der Waals surface area (Å²) in [6.07, 6.45) is 1.93. The van der Waals surface area contributed by atoms with Crippen molar-refractivity contribution >= 4 is 11.7 Å². The van der Waals surface area contributed by atoms with Crippen molar-refractivity contribution in [3.63, 3.8) is 0 Å². The lowest BCUT2D eigenvalue weighted by Gasteiger charge is -2.15. The van der Waals surface area contributed by atoms with E-state index < -0.39 is 0 Å². The Morgan fingerprint density at radius 3 is 2.94 bits per heavy atom. The summed E-state index contributed by atoms with van der Waals surface area (Å²) in [5.41, 5.74) is 0.727. The molecule has 0 bridgehead atoms. The normalized spacial score (nSPS) is 20.5. The summed E-state index contributed by atoms with van der Waals surface area (Å²) in [5.74, 6) is 0.515. The van der Waals surface area contributed by atoms with E-state index in [-0.39, 0.29) is 25.0 Å². The van der Waals surface area contributed by atoms with Crippen LogP contribution in [0.4, 0.5) is 5.82 Å². The molecule has 0 saturated carbocycles. The molecule has 16 heavy (non-hydrogen) atoms. The Bertz CT molecular complexity index is 395. The maximum absolute atomic E-state index is 11.7. The quantitative estimate of drug-likeness (QED) is 0.750. The molecule has 1 aromatic heterocycles. The van der Waals surface area contributed by atoms with Crippen LogP contribution in [0.5, 0.6) is 0 Å². The Morgan fingerprint density at radius 2 is 2.31 bits per heavy atom. The molecule has 0 aliphatic carbocycles. The van der Waals surface area contributed by atoms with Crippen LogP contribution in [0.15, 0.2) is 18.3 Å². The molecule has 1 aliphatic rings. The van der Waals surface area contributed by atoms with Crippen LogP contribution < -0.4 is 4.90 Å². The van der Waals surface area contributed by atoms with Gasteiger partial charge in [-0.2, -0.15) is 0 Å². The molecule has 1 saturated heterocycles. The van der Waals surface area contributed by atoms with E-state index in [9.17, 15) is 4.79 Å². The van der Waals surface area contributed by atoms with Crippen molar-refractivity contribution in [2.75, 3.05) is 18.1 Å². The number of aliphatic hydroxyl groups is 2. The van der Waals surface area contributed by atoms with Crippen molar-refractivity contribution < 1.29 is 15.0 Å². The first kappa shape index (κ1) is 11.0. The van der Waals surface area contributed by atoms with Crippen molar-refractivity contribution in [2.24, 2.45) is 5.92 Å². The second kappa shape index (κ2) is 4.59. The van der Waals surface area contributed by atoms with Crippen LogP contribution in [0.2, 0.25) is 0 Å². The summed E-state index contributed by atoms with van der Waals surface area (Å²) in [5, 5.41) is 18.0. The molecular formula is C11H14N2O3. The van der Waals surface area contributed by atoms with Gasteiger partial charge in [0.1, 0.15) is 5.82 Å². The Morgan fingerprint density at radius 1 is 1.50 bits per heavy atom. The molecule has 1 fully saturated rings. The molecule has 0 spiro atoms. The van der Waals surface area contributed by atoms with Crippen LogP contribution >= 0.6 is 0 Å². The summed E-state index contributed by atoms with van der Waals surface area (Å²) < 4.78 is 0. The third-order valence-electron chi connectivity index (χ3n) is 2.73. The van der Waals surface area contributed by atoms with Gasteiger partial charge in [0.2, 0.25) is 5.91 Å². The maximum atomic E-state index is 11.7. The fraction of sp³-hybridized carbons (Fsp3) is 0.455. The summed E-state index contributed by atoms with van der Waals surface area (Å²) in [4.78, 5) is 17.3. The minimum atomic E-state index is -0.0685. The van der Waals surface area contributed by atoms with E-state index in [1.165, 1.54) is 0 Å². The number of aliphatic hydroxyl groups excluding tert-OH is 2. The van der Waals surface area contributed by atoms with Crippen LogP contribution in [-0.4, -0.2) is 34.3 Å². The summed E-state index contributed by atoms with van der Waals surface area (Å²) in [6.45, 7) is 0.445. The number of carbonyl (C=O) groups excluding carboxylic acids is 1. The minimum Gasteiger partial charge on any atom is -0.396 e. The van der Waals surface area contributed by atoms with Crippen molar-refractivity contribution in [1.29, 1.82) is 0 Å². The van der Waals surface area contributed by atoms with Crippen LogP contribution in [0.25, 0.3) is 0 Å². The monoisotopic (exact) mass is 222 g/mol. The van der Waals surface area contributed by atoms with Crippen molar-refractivity contribution in [3.8, 4) is 0 Å². The Hall–Kier alpha value is -1.46. The van der Waals surface area contributed by atoms with Gasteiger partial charge in [0.25, 0.3) is 0 Å². The molecule has 1 unspecified atom stereocenters. The van der Waals surface area contributed by atoms with Gasteiger partial charge in [0.05, 0.1) is 6.61 Å². The van der Waals surface area contributed by atoms with Gasteiger partial charge in [-0.25, -0.2) is 4.98 Å². The highest BCUT2D eigenvalue weighted by Gasteiger charge is 2.30. The first-order chi connectivity index (χ1) is 7.74. The number of hydrogen-bond acceptors (Lipinski definition) is 4. The zero-order valence-electron chi connectivity index (χ0n) is 8.83. The highest BCUT2D eigenvalue weighted by Crippen LogP contribution is 2.23. The van der Waals surface area contributed by atoms with Gasteiger partial charge in [-0.15, -0.1) is 0 Å². The van der Waals surface area contributed by atoms with E-state index in [0.29, 0.717) is 18.8 Å². The Balaban J connectivity index is 2.20. The minimum absolute atomic E-state index is 0.00733. The average molecular weight is 222 g/mol. The van der Waals surface area contributed by atoms with E-state index in [0.717, 1.165) is 5.56 Å². The number of amides is 1. The van der Waals surface area contributed by atoms with Crippen LogP contribution in [0, 0.1) is 5.92 Å². The molecule has 1 aromatic rings. The molecular weight excluding hydrogens is 208 g/mol. The van der Waals surface area contributed by atoms with Gasteiger partial charge in [-0.05, 0) is 17.7 Å². The molecule has 1 amide bonds. The molecule has 2 heterocycles. The topological polar surface area (TPSA) is 73.7 Å². The van der Waals surface area contributed by atoms with Gasteiger partial charge in [-0.3, -0.25) is 9.69 Å². The third-order valence-corrected chi connectivity index (χ3v) is 2.73. The standard InChI is InChI=1S/C11H14N2O3/c14-6-8-1-2-12-10(3-8)13-5-9(7-15)4-11(13)16/h1-3,9,14-15H,4-7H2. The van der Waals surface area contributed by atoms with E-state index in [1.807, 2.05) is 0 Å². The summed E-state index contributed by atoms with van der Waals surface area (Å²) >= 11 is 0. The largest absolute Gasteiger partial charge is 0.396 e. The van der Waals surface area contributed by atoms with Gasteiger partial charge in [0.15, 0.2) is 0 Å². The third kappa shape index (κ3) is 2.05. The lowest BCUT2D eigenvalue weighted by Crippen LogP contribution is -2.25. The summed E-state index contributed by atoms with van der Waals surface area (Å²) in [6, 6.07) is 3.39. The molecule has 0 aromatic carbocycles. The van der Waals surface area contributed by atoms with Crippen molar-refractivity contribution in [2.45, 2.75) is 13.0 Å². The molecule has 5 nitrogen and oxygen atoms in total. The molecule has 86 valence electrons. The second-order valence-electron chi connectivity index (χ2n) is 3.94. The zero-order chi connectivity index (χ0) is 11.5. The molecule has 2 N–H and O–H groups in total. The number of pyridine rings is 1. The van der Waals surface area contributed by atoms with Crippen LogP contribution in [0.1, 0.15) is 12.0 Å². The number of aromatic nitrogens is 1. The highest BCUT2D eigenvalue weighted by molar-refractivity contribution is 5.94. The molecule has 5 heteroatoms. The fourth-order valence-electron chi connectivity index (χ4n) is 1.83. The first-order valence-electron chi connectivity index (χ1n) is 5.21. The second-order valence-corrected chi connectivity index (χ2v) is 3.94. The number of anilines is 1. The van der Waals surface area contributed by atoms with Crippen LogP contribution in [0.3, 0.4) is 0 Å². The highest BCUT2D eigenvalue weighted by atomic mass is 16.3.